The lowest BCUT2D eigenvalue weighted by Crippen LogP contribution is -2.44. The van der Waals surface area contributed by atoms with Crippen molar-refractivity contribution in [2.75, 3.05) is 32.1 Å². The number of aromatic nitrogens is 2. The van der Waals surface area contributed by atoms with E-state index < -0.39 is 29.3 Å². The van der Waals surface area contributed by atoms with Crippen LogP contribution < -0.4 is 14.8 Å². The molecule has 2 heterocycles. The predicted molar refractivity (Wildman–Crippen MR) is 144 cm³/mol. The quantitative estimate of drug-likeness (QED) is 0.139. The summed E-state index contributed by atoms with van der Waals surface area (Å²) >= 11 is 0. The topological polar surface area (TPSA) is 51.6 Å². The molecule has 1 aliphatic rings. The number of para-hydroxylation sites is 1. The highest BCUT2D eigenvalue weighted by Crippen LogP contribution is 2.51. The molecular weight excluding hydrogens is 524 g/mol. The summed E-state index contributed by atoms with van der Waals surface area (Å²) < 4.78 is 73.4. The molecule has 3 aromatic carbocycles. The molecule has 10 heteroatoms. The summed E-state index contributed by atoms with van der Waals surface area (Å²) in [7, 11) is 1.50. The predicted octanol–water partition coefficient (Wildman–Crippen LogP) is 6.48. The lowest BCUT2D eigenvalue weighted by molar-refractivity contribution is -0.106. The van der Waals surface area contributed by atoms with Gasteiger partial charge in [0.25, 0.3) is 0 Å². The van der Waals surface area contributed by atoms with Crippen molar-refractivity contribution in [3.8, 4) is 17.2 Å². The first-order valence-electron chi connectivity index (χ1n) is 12.7. The molecule has 0 spiro atoms. The lowest BCUT2D eigenvalue weighted by atomic mass is 9.90. The van der Waals surface area contributed by atoms with Gasteiger partial charge in [0.2, 0.25) is 0 Å². The van der Waals surface area contributed by atoms with Gasteiger partial charge in [0.05, 0.1) is 13.7 Å². The van der Waals surface area contributed by atoms with E-state index in [-0.39, 0.29) is 43.3 Å². The summed E-state index contributed by atoms with van der Waals surface area (Å²) in [5.74, 6) is -3.81. The van der Waals surface area contributed by atoms with E-state index in [1.165, 1.54) is 13.2 Å². The van der Waals surface area contributed by atoms with Gasteiger partial charge in [-0.05, 0) is 42.0 Å². The standard InChI is InChI=1S/C30H28F4N4O2/c1-3-16-37-19-24-27(30(33,34)28(37)20-9-12-22(39-2)13-10-20)36-38(26-14-11-21(31)18-25(26)32)29(24)35-15-17-40-23-7-5-4-6-8-23/h3-14,18,28,35H,1,15-17,19H2,2H3. The summed E-state index contributed by atoms with van der Waals surface area (Å²) in [6.07, 6.45) is 1.56. The normalized spacial score (nSPS) is 16.3. The van der Waals surface area contributed by atoms with Crippen LogP contribution in [0.4, 0.5) is 23.4 Å². The van der Waals surface area contributed by atoms with Crippen LogP contribution in [-0.4, -0.2) is 41.5 Å². The first kappa shape index (κ1) is 27.3. The van der Waals surface area contributed by atoms with Gasteiger partial charge < -0.3 is 14.8 Å². The minimum Gasteiger partial charge on any atom is -0.497 e. The van der Waals surface area contributed by atoms with Crippen molar-refractivity contribution in [1.29, 1.82) is 0 Å². The highest BCUT2D eigenvalue weighted by molar-refractivity contribution is 5.56. The number of alkyl halides is 2. The minimum absolute atomic E-state index is 0.0817. The van der Waals surface area contributed by atoms with Gasteiger partial charge in [0.15, 0.2) is 5.82 Å². The Labute approximate surface area is 229 Å². The largest absolute Gasteiger partial charge is 0.497 e. The van der Waals surface area contributed by atoms with E-state index in [1.54, 1.807) is 47.4 Å². The van der Waals surface area contributed by atoms with Crippen LogP contribution in [-0.2, 0) is 12.5 Å². The Bertz CT molecular complexity index is 1480. The van der Waals surface area contributed by atoms with Crippen molar-refractivity contribution in [2.24, 2.45) is 0 Å². The average Bonchev–Trinajstić information content (AvgIpc) is 3.31. The summed E-state index contributed by atoms with van der Waals surface area (Å²) in [5, 5.41) is 7.34. The van der Waals surface area contributed by atoms with E-state index in [9.17, 15) is 8.78 Å². The summed E-state index contributed by atoms with van der Waals surface area (Å²) in [6.45, 7) is 4.42. The Balaban J connectivity index is 1.56. The second kappa shape index (κ2) is 11.4. The number of nitrogens with one attached hydrogen (secondary N) is 1. The zero-order valence-corrected chi connectivity index (χ0v) is 21.8. The van der Waals surface area contributed by atoms with Gasteiger partial charge in [0, 0.05) is 24.7 Å². The molecule has 208 valence electrons. The molecule has 1 aromatic heterocycles. The summed E-state index contributed by atoms with van der Waals surface area (Å²) in [6, 6.07) is 17.1. The van der Waals surface area contributed by atoms with E-state index in [2.05, 4.69) is 17.0 Å². The summed E-state index contributed by atoms with van der Waals surface area (Å²) in [5.41, 5.74) is -0.0650. The van der Waals surface area contributed by atoms with Gasteiger partial charge in [-0.3, -0.25) is 4.90 Å². The zero-order chi connectivity index (χ0) is 28.3. The molecule has 5 rings (SSSR count). The van der Waals surface area contributed by atoms with E-state index in [4.69, 9.17) is 9.47 Å². The Kier molecular flexibility index (Phi) is 7.79. The molecule has 0 radical (unpaired) electrons. The Morgan fingerprint density at radius 3 is 2.48 bits per heavy atom. The number of hydrogen-bond donors (Lipinski definition) is 1. The molecule has 1 unspecified atom stereocenters. The third-order valence-electron chi connectivity index (χ3n) is 6.71. The van der Waals surface area contributed by atoms with E-state index in [0.29, 0.717) is 23.1 Å². The molecule has 0 bridgehead atoms. The highest BCUT2D eigenvalue weighted by atomic mass is 19.3. The van der Waals surface area contributed by atoms with Crippen molar-refractivity contribution in [1.82, 2.24) is 14.7 Å². The molecule has 1 N–H and O–H groups in total. The van der Waals surface area contributed by atoms with Crippen molar-refractivity contribution < 1.29 is 27.0 Å². The van der Waals surface area contributed by atoms with Gasteiger partial charge in [-0.1, -0.05) is 36.4 Å². The molecule has 0 aliphatic carbocycles. The first-order chi connectivity index (χ1) is 19.3. The van der Waals surface area contributed by atoms with Gasteiger partial charge in [-0.2, -0.15) is 13.9 Å². The number of fused-ring (bicyclic) bond motifs is 1. The second-order valence-electron chi connectivity index (χ2n) is 9.29. The molecular formula is C30H28F4N4O2. The van der Waals surface area contributed by atoms with Crippen LogP contribution in [0.15, 0.2) is 85.5 Å². The molecule has 0 saturated heterocycles. The molecule has 0 amide bonds. The number of rotatable bonds is 10. The second-order valence-corrected chi connectivity index (χ2v) is 9.29. The number of benzene rings is 3. The number of ether oxygens (including phenoxy) is 2. The SMILES string of the molecule is C=CCN1Cc2c(nn(-c3ccc(F)cc3F)c2NCCOc2ccccc2)C(F)(F)C1c1ccc(OC)cc1. The average molecular weight is 553 g/mol. The van der Waals surface area contributed by atoms with Crippen LogP contribution in [0.25, 0.3) is 5.69 Å². The van der Waals surface area contributed by atoms with Crippen molar-refractivity contribution in [3.05, 3.63) is 114 Å². The molecule has 6 nitrogen and oxygen atoms in total. The van der Waals surface area contributed by atoms with Gasteiger partial charge >= 0.3 is 5.92 Å². The Hall–Kier alpha value is -4.31. The van der Waals surface area contributed by atoms with Gasteiger partial charge in [0.1, 0.15) is 47.2 Å². The zero-order valence-electron chi connectivity index (χ0n) is 21.8. The van der Waals surface area contributed by atoms with Crippen LogP contribution in [0.1, 0.15) is 22.9 Å². The minimum atomic E-state index is -3.47. The third kappa shape index (κ3) is 5.27. The number of hydrogen-bond acceptors (Lipinski definition) is 5. The van der Waals surface area contributed by atoms with Crippen LogP contribution >= 0.6 is 0 Å². The third-order valence-corrected chi connectivity index (χ3v) is 6.71. The lowest BCUT2D eigenvalue weighted by Gasteiger charge is -2.40. The number of halogens is 4. The molecule has 1 aliphatic heterocycles. The maximum absolute atomic E-state index is 16.4. The van der Waals surface area contributed by atoms with Crippen LogP contribution in [0.2, 0.25) is 0 Å². The monoisotopic (exact) mass is 552 g/mol. The van der Waals surface area contributed by atoms with Gasteiger partial charge in [-0.25, -0.2) is 13.5 Å². The number of methoxy groups -OCH3 is 1. The van der Waals surface area contributed by atoms with Crippen molar-refractivity contribution in [2.45, 2.75) is 18.5 Å². The van der Waals surface area contributed by atoms with Gasteiger partial charge in [-0.15, -0.1) is 6.58 Å². The van der Waals surface area contributed by atoms with Crippen LogP contribution in [0.5, 0.6) is 11.5 Å². The van der Waals surface area contributed by atoms with Crippen molar-refractivity contribution >= 4 is 5.82 Å². The van der Waals surface area contributed by atoms with Crippen molar-refractivity contribution in [3.63, 3.8) is 0 Å². The fourth-order valence-corrected chi connectivity index (χ4v) is 4.93. The molecule has 0 saturated carbocycles. The number of nitrogens with zero attached hydrogens (tertiary/aromatic N) is 3. The van der Waals surface area contributed by atoms with Crippen LogP contribution in [0.3, 0.4) is 0 Å². The molecule has 1 atom stereocenters. The smallest absolute Gasteiger partial charge is 0.311 e. The van der Waals surface area contributed by atoms with E-state index >= 15 is 8.78 Å². The molecule has 4 aromatic rings. The summed E-state index contributed by atoms with van der Waals surface area (Å²) in [4.78, 5) is 1.59. The fraction of sp³-hybridized carbons (Fsp3) is 0.233. The maximum atomic E-state index is 16.4. The highest BCUT2D eigenvalue weighted by Gasteiger charge is 2.53. The molecule has 40 heavy (non-hydrogen) atoms. The fourth-order valence-electron chi connectivity index (χ4n) is 4.93. The molecule has 0 fully saturated rings. The van der Waals surface area contributed by atoms with E-state index in [1.807, 2.05) is 18.2 Å². The van der Waals surface area contributed by atoms with E-state index in [0.717, 1.165) is 10.7 Å². The first-order valence-corrected chi connectivity index (χ1v) is 12.7. The Morgan fingerprint density at radius 2 is 1.80 bits per heavy atom. The Morgan fingerprint density at radius 1 is 1.05 bits per heavy atom. The number of anilines is 1. The maximum Gasteiger partial charge on any atom is 0.311 e. The van der Waals surface area contributed by atoms with Crippen LogP contribution in [0, 0.1) is 11.6 Å².